The number of aromatic nitrogens is 1. The molecule has 7 nitrogen and oxygen atoms in total. The maximum absolute atomic E-state index is 12.8. The van der Waals surface area contributed by atoms with Crippen molar-refractivity contribution < 1.29 is 18.0 Å². The summed E-state index contributed by atoms with van der Waals surface area (Å²) in [6.07, 6.45) is 7.03. The van der Waals surface area contributed by atoms with Crippen molar-refractivity contribution in [2.75, 3.05) is 23.0 Å². The molecule has 0 N–H and O–H groups in total. The van der Waals surface area contributed by atoms with Gasteiger partial charge in [-0.3, -0.25) is 9.59 Å². The van der Waals surface area contributed by atoms with E-state index in [2.05, 4.69) is 10.9 Å². The largest absolute Gasteiger partial charge is 0.311 e. The van der Waals surface area contributed by atoms with Crippen LogP contribution >= 0.6 is 22.9 Å². The maximum atomic E-state index is 12.8. The lowest BCUT2D eigenvalue weighted by Crippen LogP contribution is -2.40. The number of sulfone groups is 1. The molecule has 3 aromatic rings. The van der Waals surface area contributed by atoms with E-state index < -0.39 is 33.2 Å². The van der Waals surface area contributed by atoms with Crippen molar-refractivity contribution in [2.24, 2.45) is 4.99 Å². The molecule has 0 aliphatic carbocycles. The predicted molar refractivity (Wildman–Crippen MR) is 130 cm³/mol. The van der Waals surface area contributed by atoms with Gasteiger partial charge in [0.1, 0.15) is 11.5 Å². The summed E-state index contributed by atoms with van der Waals surface area (Å²) < 4.78 is 27.7. The first kappa shape index (κ1) is 23.2. The number of fused-ring (bicyclic) bond motifs is 2. The molecule has 10 heteroatoms. The third-order valence-electron chi connectivity index (χ3n) is 5.21. The molecule has 4 rings (SSSR count). The van der Waals surface area contributed by atoms with Gasteiger partial charge in [-0.1, -0.05) is 47.1 Å². The third kappa shape index (κ3) is 5.19. The van der Waals surface area contributed by atoms with Crippen molar-refractivity contribution in [3.05, 3.63) is 57.9 Å². The minimum atomic E-state index is -4.01. The highest BCUT2D eigenvalue weighted by atomic mass is 35.5. The molecule has 0 atom stereocenters. The molecule has 0 bridgehead atoms. The Morgan fingerprint density at radius 3 is 2.76 bits per heavy atom. The highest BCUT2D eigenvalue weighted by Crippen LogP contribution is 2.27. The van der Waals surface area contributed by atoms with Crippen LogP contribution in [-0.2, 0) is 32.4 Å². The van der Waals surface area contributed by atoms with Crippen LogP contribution in [0.25, 0.3) is 10.2 Å². The molecule has 0 spiro atoms. The van der Waals surface area contributed by atoms with Crippen molar-refractivity contribution >= 4 is 60.5 Å². The Kier molecular flexibility index (Phi) is 6.70. The number of benzene rings is 2. The fraction of sp³-hybridized carbons (Fsp3) is 0.261. The Hall–Kier alpha value is -2.93. The molecule has 0 unspecified atom stereocenters. The highest BCUT2D eigenvalue weighted by Gasteiger charge is 2.28. The summed E-state index contributed by atoms with van der Waals surface area (Å²) in [6.45, 7) is 0.605. The zero-order valence-electron chi connectivity index (χ0n) is 17.5. The second kappa shape index (κ2) is 9.51. The van der Waals surface area contributed by atoms with E-state index in [9.17, 15) is 18.0 Å². The lowest BCUT2D eigenvalue weighted by atomic mass is 10.0. The van der Waals surface area contributed by atoms with Gasteiger partial charge < -0.3 is 9.47 Å². The summed E-state index contributed by atoms with van der Waals surface area (Å²) in [5.41, 5.74) is 2.47. The Balaban J connectivity index is 1.54. The normalized spacial score (nSPS) is 14.2. The third-order valence-corrected chi connectivity index (χ3v) is 7.86. The van der Waals surface area contributed by atoms with Gasteiger partial charge in [-0.25, -0.2) is 8.42 Å². The van der Waals surface area contributed by atoms with Crippen LogP contribution in [0.5, 0.6) is 0 Å². The van der Waals surface area contributed by atoms with Crippen molar-refractivity contribution in [3.8, 4) is 12.3 Å². The summed E-state index contributed by atoms with van der Waals surface area (Å²) in [7, 11) is -4.01. The fourth-order valence-electron chi connectivity index (χ4n) is 3.81. The van der Waals surface area contributed by atoms with E-state index in [1.54, 1.807) is 28.8 Å². The van der Waals surface area contributed by atoms with Gasteiger partial charge >= 0.3 is 0 Å². The zero-order chi connectivity index (χ0) is 23.6. The van der Waals surface area contributed by atoms with Crippen LogP contribution in [0.15, 0.2) is 47.5 Å². The van der Waals surface area contributed by atoms with Gasteiger partial charge in [0, 0.05) is 17.3 Å². The molecule has 2 aromatic carbocycles. The Morgan fingerprint density at radius 1 is 1.18 bits per heavy atom. The summed E-state index contributed by atoms with van der Waals surface area (Å²) in [5, 5.41) is 0.523. The number of nitrogens with zero attached hydrogens (tertiary/aromatic N) is 3. The first-order valence-electron chi connectivity index (χ1n) is 10.2. The molecule has 170 valence electrons. The molecule has 2 heterocycles. The summed E-state index contributed by atoms with van der Waals surface area (Å²) in [4.78, 5) is 31.0. The van der Waals surface area contributed by atoms with Crippen LogP contribution in [-0.4, -0.2) is 42.8 Å². The van der Waals surface area contributed by atoms with Gasteiger partial charge in [-0.05, 0) is 42.7 Å². The average Bonchev–Trinajstić information content (AvgIpc) is 3.08. The topological polar surface area (TPSA) is 88.8 Å². The Bertz CT molecular complexity index is 1460. The van der Waals surface area contributed by atoms with Crippen LogP contribution < -0.4 is 9.70 Å². The number of aryl methyl sites for hydroxylation is 1. The monoisotopic (exact) mass is 501 g/mol. The molecular formula is C23H20ClN3O4S2. The lowest BCUT2D eigenvalue weighted by Gasteiger charge is -2.29. The number of carbonyl (C=O) groups excluding carboxylic acids is 2. The van der Waals surface area contributed by atoms with Gasteiger partial charge in [-0.15, -0.1) is 6.42 Å². The van der Waals surface area contributed by atoms with Gasteiger partial charge in [0.25, 0.3) is 5.91 Å². The predicted octanol–water partition coefficient (Wildman–Crippen LogP) is 2.81. The molecule has 0 saturated carbocycles. The first-order valence-corrected chi connectivity index (χ1v) is 13.2. The molecule has 1 aliphatic heterocycles. The lowest BCUT2D eigenvalue weighted by molar-refractivity contribution is -0.116. The number of amides is 2. The number of terminal acetylenes is 1. The van der Waals surface area contributed by atoms with Gasteiger partial charge in [0.15, 0.2) is 14.6 Å². The quantitative estimate of drug-likeness (QED) is 0.503. The average molecular weight is 502 g/mol. The maximum Gasteiger partial charge on any atom is 0.263 e. The summed E-state index contributed by atoms with van der Waals surface area (Å²) in [5.74, 6) is -0.514. The number of para-hydroxylation sites is 1. The van der Waals surface area contributed by atoms with Crippen molar-refractivity contribution in [1.29, 1.82) is 0 Å². The van der Waals surface area contributed by atoms with E-state index in [1.165, 1.54) is 16.2 Å². The number of hydrogen-bond donors (Lipinski definition) is 0. The van der Waals surface area contributed by atoms with Gasteiger partial charge in [0.2, 0.25) is 5.91 Å². The number of halogens is 1. The first-order chi connectivity index (χ1) is 15.8. The van der Waals surface area contributed by atoms with Gasteiger partial charge in [0.05, 0.1) is 16.8 Å². The molecule has 2 amide bonds. The Labute approximate surface area is 200 Å². The van der Waals surface area contributed by atoms with E-state index >= 15 is 0 Å². The van der Waals surface area contributed by atoms with Crippen LogP contribution in [0.4, 0.5) is 5.69 Å². The molecule has 1 aromatic heterocycles. The summed E-state index contributed by atoms with van der Waals surface area (Å²) >= 11 is 7.23. The van der Waals surface area contributed by atoms with Crippen molar-refractivity contribution in [2.45, 2.75) is 19.4 Å². The molecule has 33 heavy (non-hydrogen) atoms. The van der Waals surface area contributed by atoms with Crippen LogP contribution in [0.1, 0.15) is 12.0 Å². The molecule has 0 radical (unpaired) electrons. The SMILES string of the molecule is C#CCn1c(=NC(=O)CS(=O)(=O)CC(=O)N2CCCc3ccccc32)sc2cc(Cl)ccc21. The van der Waals surface area contributed by atoms with E-state index in [0.29, 0.717) is 11.6 Å². The minimum absolute atomic E-state index is 0.160. The number of hydrogen-bond acceptors (Lipinski definition) is 5. The molecule has 0 saturated heterocycles. The van der Waals surface area contributed by atoms with Crippen molar-refractivity contribution in [1.82, 2.24) is 4.57 Å². The smallest absolute Gasteiger partial charge is 0.263 e. The van der Waals surface area contributed by atoms with Gasteiger partial charge in [-0.2, -0.15) is 4.99 Å². The van der Waals surface area contributed by atoms with Crippen LogP contribution in [0.3, 0.4) is 0 Å². The van der Waals surface area contributed by atoms with E-state index in [0.717, 1.165) is 34.3 Å². The van der Waals surface area contributed by atoms with Crippen molar-refractivity contribution in [3.63, 3.8) is 0 Å². The zero-order valence-corrected chi connectivity index (χ0v) is 19.9. The standard InChI is InChI=1S/C23H20ClN3O4S2/c1-2-11-27-19-10-9-17(24)13-20(19)32-23(27)25-21(28)14-33(30,31)15-22(29)26-12-5-7-16-6-3-4-8-18(16)26/h1,3-4,6,8-10,13H,5,7,11-12,14-15H2. The minimum Gasteiger partial charge on any atom is -0.311 e. The van der Waals surface area contributed by atoms with E-state index in [4.69, 9.17) is 18.0 Å². The Morgan fingerprint density at radius 2 is 1.97 bits per heavy atom. The second-order valence-corrected chi connectivity index (χ2v) is 11.1. The van der Waals surface area contributed by atoms with E-state index in [1.807, 2.05) is 18.2 Å². The number of carbonyl (C=O) groups is 2. The highest BCUT2D eigenvalue weighted by molar-refractivity contribution is 7.92. The fourth-order valence-corrected chi connectivity index (χ4v) is 6.21. The summed E-state index contributed by atoms with van der Waals surface area (Å²) in [6, 6.07) is 12.6. The molecular weight excluding hydrogens is 482 g/mol. The molecule has 1 aliphatic rings. The number of anilines is 1. The number of thiazole rings is 1. The molecule has 0 fully saturated rings. The van der Waals surface area contributed by atoms with Crippen LogP contribution in [0.2, 0.25) is 5.02 Å². The van der Waals surface area contributed by atoms with E-state index in [-0.39, 0.29) is 11.3 Å². The number of rotatable bonds is 5. The second-order valence-electron chi connectivity index (χ2n) is 7.60. The van der Waals surface area contributed by atoms with Crippen LogP contribution in [0, 0.1) is 12.3 Å².